The molecule has 130 valence electrons. The number of carbonyl (C=O) groups excluding carboxylic acids is 2. The molecular formula is C17H19N5O3. The minimum atomic E-state index is -0.181. The molecule has 25 heavy (non-hydrogen) atoms. The third-order valence-electron chi connectivity index (χ3n) is 4.65. The first-order valence-corrected chi connectivity index (χ1v) is 8.37. The number of anilines is 1. The number of carbonyl (C=O) groups is 2. The molecule has 2 aromatic rings. The first-order chi connectivity index (χ1) is 12.1. The number of aryl methyl sites for hydroxylation is 1. The van der Waals surface area contributed by atoms with Crippen LogP contribution in [0.4, 0.5) is 10.5 Å². The lowest BCUT2D eigenvalue weighted by molar-refractivity contribution is 0.0965. The lowest BCUT2D eigenvalue weighted by Crippen LogP contribution is -2.41. The summed E-state index contributed by atoms with van der Waals surface area (Å²) in [7, 11) is 0. The van der Waals surface area contributed by atoms with Crippen LogP contribution in [0.3, 0.4) is 0 Å². The molecule has 2 aliphatic heterocycles. The van der Waals surface area contributed by atoms with Crippen molar-refractivity contribution in [2.24, 2.45) is 0 Å². The van der Waals surface area contributed by atoms with Gasteiger partial charge in [-0.2, -0.15) is 4.98 Å². The summed E-state index contributed by atoms with van der Waals surface area (Å²) < 4.78 is 5.25. The SMILES string of the molecule is Cc1noc(C2CCCN(C(=O)Nc3ccc4c(c3)C(=O)NC4)C2)n1. The van der Waals surface area contributed by atoms with E-state index in [9.17, 15) is 9.59 Å². The third-order valence-corrected chi connectivity index (χ3v) is 4.65. The second-order valence-electron chi connectivity index (χ2n) is 6.45. The summed E-state index contributed by atoms with van der Waals surface area (Å²) in [6, 6.07) is 5.22. The minimum Gasteiger partial charge on any atom is -0.348 e. The highest BCUT2D eigenvalue weighted by molar-refractivity contribution is 6.00. The average Bonchev–Trinajstić information content (AvgIpc) is 3.21. The fourth-order valence-electron chi connectivity index (χ4n) is 3.34. The molecule has 4 rings (SSSR count). The summed E-state index contributed by atoms with van der Waals surface area (Å²) in [5.41, 5.74) is 2.19. The molecule has 3 heterocycles. The summed E-state index contributed by atoms with van der Waals surface area (Å²) in [5, 5.41) is 9.48. The predicted octanol–water partition coefficient (Wildman–Crippen LogP) is 2.03. The molecule has 8 nitrogen and oxygen atoms in total. The smallest absolute Gasteiger partial charge is 0.321 e. The van der Waals surface area contributed by atoms with Crippen LogP contribution in [-0.4, -0.2) is 40.1 Å². The van der Waals surface area contributed by atoms with Gasteiger partial charge in [0.25, 0.3) is 5.91 Å². The van der Waals surface area contributed by atoms with Crippen LogP contribution in [0.25, 0.3) is 0 Å². The van der Waals surface area contributed by atoms with Crippen molar-refractivity contribution < 1.29 is 14.1 Å². The number of hydrogen-bond acceptors (Lipinski definition) is 5. The molecule has 0 aliphatic carbocycles. The van der Waals surface area contributed by atoms with E-state index in [0.717, 1.165) is 18.4 Å². The number of rotatable bonds is 2. The molecule has 8 heteroatoms. The summed E-state index contributed by atoms with van der Waals surface area (Å²) in [6.07, 6.45) is 1.80. The lowest BCUT2D eigenvalue weighted by atomic mass is 9.98. The first kappa shape index (κ1) is 15.6. The van der Waals surface area contributed by atoms with Gasteiger partial charge in [-0.25, -0.2) is 4.79 Å². The molecule has 1 aromatic heterocycles. The predicted molar refractivity (Wildman–Crippen MR) is 89.2 cm³/mol. The van der Waals surface area contributed by atoms with Crippen molar-refractivity contribution in [1.82, 2.24) is 20.4 Å². The molecule has 1 unspecified atom stereocenters. The van der Waals surface area contributed by atoms with E-state index in [1.165, 1.54) is 0 Å². The Morgan fingerprint density at radius 1 is 1.44 bits per heavy atom. The number of amides is 3. The Kier molecular flexibility index (Phi) is 3.87. The number of likely N-dealkylation sites (tertiary alicyclic amines) is 1. The summed E-state index contributed by atoms with van der Waals surface area (Å²) >= 11 is 0. The van der Waals surface area contributed by atoms with Gasteiger partial charge in [0, 0.05) is 30.9 Å². The van der Waals surface area contributed by atoms with Crippen LogP contribution < -0.4 is 10.6 Å². The van der Waals surface area contributed by atoms with Gasteiger partial charge in [0.15, 0.2) is 5.82 Å². The normalized spacial score (nSPS) is 19.5. The Morgan fingerprint density at radius 3 is 3.12 bits per heavy atom. The third kappa shape index (κ3) is 3.07. The minimum absolute atomic E-state index is 0.0616. The van der Waals surface area contributed by atoms with Crippen LogP contribution in [0.15, 0.2) is 22.7 Å². The first-order valence-electron chi connectivity index (χ1n) is 8.37. The Balaban J connectivity index is 1.44. The molecule has 2 aliphatic rings. The van der Waals surface area contributed by atoms with E-state index in [2.05, 4.69) is 20.8 Å². The molecule has 2 N–H and O–H groups in total. The topological polar surface area (TPSA) is 100 Å². The molecule has 0 bridgehead atoms. The van der Waals surface area contributed by atoms with Gasteiger partial charge in [0.05, 0.1) is 5.92 Å². The van der Waals surface area contributed by atoms with Crippen LogP contribution in [-0.2, 0) is 6.54 Å². The maximum absolute atomic E-state index is 12.6. The fourth-order valence-corrected chi connectivity index (χ4v) is 3.34. The fraction of sp³-hybridized carbons (Fsp3) is 0.412. The maximum atomic E-state index is 12.6. The maximum Gasteiger partial charge on any atom is 0.321 e. The number of benzene rings is 1. The molecule has 3 amide bonds. The van der Waals surface area contributed by atoms with Crippen LogP contribution in [0.1, 0.15) is 46.4 Å². The van der Waals surface area contributed by atoms with Gasteiger partial charge in [-0.15, -0.1) is 0 Å². The van der Waals surface area contributed by atoms with E-state index < -0.39 is 0 Å². The number of hydrogen-bond donors (Lipinski definition) is 2. The van der Waals surface area contributed by atoms with E-state index in [1.807, 2.05) is 12.1 Å². The van der Waals surface area contributed by atoms with Crippen molar-refractivity contribution in [3.8, 4) is 0 Å². The number of fused-ring (bicyclic) bond motifs is 1. The van der Waals surface area contributed by atoms with Gasteiger partial charge in [-0.3, -0.25) is 4.79 Å². The van der Waals surface area contributed by atoms with Gasteiger partial charge in [-0.1, -0.05) is 11.2 Å². The Morgan fingerprint density at radius 2 is 2.32 bits per heavy atom. The molecule has 1 fully saturated rings. The van der Waals surface area contributed by atoms with Gasteiger partial charge in [0.1, 0.15) is 0 Å². The lowest BCUT2D eigenvalue weighted by Gasteiger charge is -2.31. The van der Waals surface area contributed by atoms with Gasteiger partial charge < -0.3 is 20.1 Å². The quantitative estimate of drug-likeness (QED) is 0.870. The van der Waals surface area contributed by atoms with Crippen molar-refractivity contribution >= 4 is 17.6 Å². The number of aromatic nitrogens is 2. The number of nitrogens with zero attached hydrogens (tertiary/aromatic N) is 3. The molecule has 0 spiro atoms. The van der Waals surface area contributed by atoms with E-state index in [1.54, 1.807) is 17.9 Å². The monoisotopic (exact) mass is 341 g/mol. The zero-order valence-electron chi connectivity index (χ0n) is 13.9. The van der Waals surface area contributed by atoms with Crippen LogP contribution >= 0.6 is 0 Å². The zero-order valence-corrected chi connectivity index (χ0v) is 13.9. The van der Waals surface area contributed by atoms with E-state index >= 15 is 0 Å². The molecule has 1 saturated heterocycles. The van der Waals surface area contributed by atoms with Crippen LogP contribution in [0.5, 0.6) is 0 Å². The Bertz CT molecular complexity index is 831. The van der Waals surface area contributed by atoms with Crippen molar-refractivity contribution in [2.45, 2.75) is 32.2 Å². The van der Waals surface area contributed by atoms with Gasteiger partial charge >= 0.3 is 6.03 Å². The van der Waals surface area contributed by atoms with Crippen LogP contribution in [0.2, 0.25) is 0 Å². The number of nitrogens with one attached hydrogen (secondary N) is 2. The Labute approximate surface area is 144 Å². The van der Waals surface area contributed by atoms with E-state index in [4.69, 9.17) is 4.52 Å². The summed E-state index contributed by atoms with van der Waals surface area (Å²) in [5.74, 6) is 1.15. The van der Waals surface area contributed by atoms with Crippen molar-refractivity contribution in [1.29, 1.82) is 0 Å². The zero-order chi connectivity index (χ0) is 17.4. The van der Waals surface area contributed by atoms with Gasteiger partial charge in [-0.05, 0) is 37.5 Å². The van der Waals surface area contributed by atoms with Crippen LogP contribution in [0, 0.1) is 6.92 Å². The number of piperidine rings is 1. The highest BCUT2D eigenvalue weighted by atomic mass is 16.5. The molecule has 0 radical (unpaired) electrons. The largest absolute Gasteiger partial charge is 0.348 e. The summed E-state index contributed by atoms with van der Waals surface area (Å²) in [6.45, 7) is 3.55. The van der Waals surface area contributed by atoms with E-state index in [0.29, 0.717) is 42.6 Å². The molecular weight excluding hydrogens is 322 g/mol. The average molecular weight is 341 g/mol. The van der Waals surface area contributed by atoms with Crippen molar-refractivity contribution in [3.05, 3.63) is 41.0 Å². The Hall–Kier alpha value is -2.90. The van der Waals surface area contributed by atoms with Crippen molar-refractivity contribution in [2.75, 3.05) is 18.4 Å². The standard InChI is InChI=1S/C17H19N5O3/c1-10-19-16(25-21-10)12-3-2-6-22(9-12)17(24)20-13-5-4-11-8-18-15(23)14(11)7-13/h4-5,7,12H,2-3,6,8-9H2,1H3,(H,18,23)(H,20,24). The second-order valence-corrected chi connectivity index (χ2v) is 6.45. The molecule has 0 saturated carbocycles. The second kappa shape index (κ2) is 6.19. The molecule has 1 aromatic carbocycles. The van der Waals surface area contributed by atoms with E-state index in [-0.39, 0.29) is 17.9 Å². The summed E-state index contributed by atoms with van der Waals surface area (Å²) in [4.78, 5) is 30.4. The number of urea groups is 1. The highest BCUT2D eigenvalue weighted by Gasteiger charge is 2.28. The molecule has 1 atom stereocenters. The van der Waals surface area contributed by atoms with Crippen molar-refractivity contribution in [3.63, 3.8) is 0 Å². The van der Waals surface area contributed by atoms with Gasteiger partial charge in [0.2, 0.25) is 5.89 Å². The highest BCUT2D eigenvalue weighted by Crippen LogP contribution is 2.26.